The lowest BCUT2D eigenvalue weighted by Crippen LogP contribution is -2.46. The molecule has 1 atom stereocenters. The van der Waals surface area contributed by atoms with Gasteiger partial charge >= 0.3 is 0 Å². The quantitative estimate of drug-likeness (QED) is 0.367. The highest BCUT2D eigenvalue weighted by molar-refractivity contribution is 5.88. The van der Waals surface area contributed by atoms with Crippen LogP contribution in [0.25, 0.3) is 11.6 Å². The Morgan fingerprint density at radius 1 is 1.16 bits per heavy atom. The number of nitrogens with one attached hydrogen (secondary N) is 1. The highest BCUT2D eigenvalue weighted by Crippen LogP contribution is 2.27. The first-order valence-electron chi connectivity index (χ1n) is 12.2. The Hall–Kier alpha value is -4.28. The van der Waals surface area contributed by atoms with Crippen LogP contribution in [0, 0.1) is 12.7 Å². The Balaban J connectivity index is 1.45. The van der Waals surface area contributed by atoms with Gasteiger partial charge in [-0.3, -0.25) is 9.59 Å². The van der Waals surface area contributed by atoms with Gasteiger partial charge in [0.05, 0.1) is 6.26 Å². The largest absolute Gasteiger partial charge is 0.467 e. The van der Waals surface area contributed by atoms with E-state index in [0.29, 0.717) is 11.5 Å². The molecule has 1 fully saturated rings. The second-order valence-corrected chi connectivity index (χ2v) is 9.07. The third-order valence-electron chi connectivity index (χ3n) is 6.38. The number of hydrogen-bond acceptors (Lipinski definition) is 7. The monoisotopic (exact) mass is 506 g/mol. The first kappa shape index (κ1) is 24.4. The zero-order chi connectivity index (χ0) is 25.8. The number of rotatable bonds is 9. The summed E-state index contributed by atoms with van der Waals surface area (Å²) in [6.45, 7) is 1.31. The van der Waals surface area contributed by atoms with E-state index in [0.717, 1.165) is 30.5 Å². The van der Waals surface area contributed by atoms with E-state index >= 15 is 0 Å². The van der Waals surface area contributed by atoms with Crippen molar-refractivity contribution in [3.05, 3.63) is 77.7 Å². The molecule has 0 spiro atoms. The van der Waals surface area contributed by atoms with Gasteiger partial charge in [-0.25, -0.2) is 4.39 Å². The molecule has 0 bridgehead atoms. The molecule has 0 aliphatic heterocycles. The van der Waals surface area contributed by atoms with Gasteiger partial charge in [0, 0.05) is 18.2 Å². The van der Waals surface area contributed by atoms with Crippen LogP contribution in [0.1, 0.15) is 48.8 Å². The van der Waals surface area contributed by atoms with Crippen LogP contribution in [-0.4, -0.2) is 43.0 Å². The van der Waals surface area contributed by atoms with Gasteiger partial charge in [0.25, 0.3) is 5.91 Å². The van der Waals surface area contributed by atoms with E-state index in [1.807, 2.05) is 0 Å². The van der Waals surface area contributed by atoms with Gasteiger partial charge in [-0.05, 0) is 55.3 Å². The van der Waals surface area contributed by atoms with Crippen molar-refractivity contribution in [2.24, 2.45) is 0 Å². The van der Waals surface area contributed by atoms with Crippen molar-refractivity contribution in [1.29, 1.82) is 0 Å². The summed E-state index contributed by atoms with van der Waals surface area (Å²) in [7, 11) is 0. The molecule has 3 heterocycles. The summed E-state index contributed by atoms with van der Waals surface area (Å²) in [5.74, 6) is 0.234. The zero-order valence-electron chi connectivity index (χ0n) is 20.3. The van der Waals surface area contributed by atoms with Gasteiger partial charge in [-0.15, -0.1) is 10.2 Å². The molecule has 5 rings (SSSR count). The number of benzene rings is 1. The molecule has 2 amide bonds. The molecule has 192 valence electrons. The van der Waals surface area contributed by atoms with Gasteiger partial charge in [-0.2, -0.15) is 4.80 Å². The Kier molecular flexibility index (Phi) is 7.11. The molecule has 1 aliphatic carbocycles. The summed E-state index contributed by atoms with van der Waals surface area (Å²) >= 11 is 0. The molecular weight excluding hydrogens is 479 g/mol. The van der Waals surface area contributed by atoms with Crippen LogP contribution in [-0.2, 0) is 22.7 Å². The third-order valence-corrected chi connectivity index (χ3v) is 6.38. The number of tetrazole rings is 1. The molecule has 10 nitrogen and oxygen atoms in total. The normalized spacial score (nSPS) is 14.5. The number of nitrogens with zero attached hydrogens (tertiary/aromatic N) is 5. The number of aromatic nitrogens is 4. The van der Waals surface area contributed by atoms with Gasteiger partial charge in [0.1, 0.15) is 23.9 Å². The standard InChI is InChI=1S/C26H27FN6O4/c1-17-12-13-22(37-17)25-29-31-33(30-25)16-23(34)32(15-18-7-2-5-10-20(18)27)24(21-11-6-14-36-21)26(35)28-19-8-3-4-9-19/h2,5-7,10-14,19,24H,3-4,8-9,15-16H2,1H3,(H,28,35). The molecule has 4 aromatic rings. The van der Waals surface area contributed by atoms with Crippen LogP contribution in [0.5, 0.6) is 0 Å². The van der Waals surface area contributed by atoms with Crippen molar-refractivity contribution in [1.82, 2.24) is 30.4 Å². The summed E-state index contributed by atoms with van der Waals surface area (Å²) in [5.41, 5.74) is 0.263. The zero-order valence-corrected chi connectivity index (χ0v) is 20.3. The van der Waals surface area contributed by atoms with Crippen molar-refractivity contribution in [3.63, 3.8) is 0 Å². The molecular formula is C26H27FN6O4. The first-order valence-corrected chi connectivity index (χ1v) is 12.2. The second kappa shape index (κ2) is 10.8. The van der Waals surface area contributed by atoms with Crippen molar-refractivity contribution in [2.45, 2.75) is 57.8 Å². The number of aryl methyl sites for hydroxylation is 1. The molecule has 1 unspecified atom stereocenters. The van der Waals surface area contributed by atoms with Gasteiger partial charge in [-0.1, -0.05) is 31.0 Å². The maximum absolute atomic E-state index is 14.7. The molecule has 1 N–H and O–H groups in total. The molecule has 11 heteroatoms. The number of carbonyl (C=O) groups excluding carboxylic acids is 2. The summed E-state index contributed by atoms with van der Waals surface area (Å²) in [5, 5.41) is 15.2. The van der Waals surface area contributed by atoms with Crippen LogP contribution in [0.2, 0.25) is 0 Å². The van der Waals surface area contributed by atoms with Gasteiger partial charge in [0.15, 0.2) is 11.8 Å². The number of furan rings is 2. The Bertz CT molecular complexity index is 1360. The minimum absolute atomic E-state index is 0.0201. The summed E-state index contributed by atoms with van der Waals surface area (Å²) in [6.07, 6.45) is 5.24. The average Bonchev–Trinajstić information content (AvgIpc) is 3.69. The Morgan fingerprint density at radius 3 is 2.68 bits per heavy atom. The second-order valence-electron chi connectivity index (χ2n) is 9.07. The predicted octanol–water partition coefficient (Wildman–Crippen LogP) is 3.80. The SMILES string of the molecule is Cc1ccc(-c2nnn(CC(=O)N(Cc3ccccc3F)C(C(=O)NC3CCCC3)c3ccco3)n2)o1. The van der Waals surface area contributed by atoms with E-state index in [4.69, 9.17) is 8.83 Å². The van der Waals surface area contributed by atoms with Gasteiger partial charge < -0.3 is 19.1 Å². The highest BCUT2D eigenvalue weighted by atomic mass is 19.1. The number of halogens is 1. The number of amides is 2. The van der Waals surface area contributed by atoms with Crippen molar-refractivity contribution >= 4 is 11.8 Å². The van der Waals surface area contributed by atoms with Gasteiger partial charge in [0.2, 0.25) is 11.7 Å². The van der Waals surface area contributed by atoms with Crippen LogP contribution >= 0.6 is 0 Å². The maximum atomic E-state index is 14.7. The first-order chi connectivity index (χ1) is 18.0. The molecule has 1 saturated carbocycles. The average molecular weight is 507 g/mol. The molecule has 3 aromatic heterocycles. The van der Waals surface area contributed by atoms with E-state index in [1.54, 1.807) is 49.4 Å². The maximum Gasteiger partial charge on any atom is 0.250 e. The minimum atomic E-state index is -1.11. The van der Waals surface area contributed by atoms with Crippen molar-refractivity contribution < 1.29 is 22.8 Å². The van der Waals surface area contributed by atoms with E-state index in [9.17, 15) is 14.0 Å². The van der Waals surface area contributed by atoms with E-state index in [2.05, 4.69) is 20.7 Å². The van der Waals surface area contributed by atoms with Crippen molar-refractivity contribution in [2.75, 3.05) is 0 Å². The van der Waals surface area contributed by atoms with Crippen LogP contribution in [0.3, 0.4) is 0 Å². The molecule has 37 heavy (non-hydrogen) atoms. The molecule has 0 radical (unpaired) electrons. The lowest BCUT2D eigenvalue weighted by Gasteiger charge is -2.30. The fraction of sp³-hybridized carbons (Fsp3) is 0.346. The van der Waals surface area contributed by atoms with Crippen LogP contribution < -0.4 is 5.32 Å². The number of hydrogen-bond donors (Lipinski definition) is 1. The van der Waals surface area contributed by atoms with Crippen LogP contribution in [0.15, 0.2) is 63.6 Å². The van der Waals surface area contributed by atoms with E-state index in [-0.39, 0.29) is 42.2 Å². The summed E-state index contributed by atoms with van der Waals surface area (Å²) in [4.78, 5) is 29.6. The van der Waals surface area contributed by atoms with E-state index in [1.165, 1.54) is 17.2 Å². The molecule has 0 saturated heterocycles. The fourth-order valence-corrected chi connectivity index (χ4v) is 4.53. The lowest BCUT2D eigenvalue weighted by molar-refractivity contribution is -0.143. The topological polar surface area (TPSA) is 119 Å². The number of carbonyl (C=O) groups is 2. The fourth-order valence-electron chi connectivity index (χ4n) is 4.53. The third kappa shape index (κ3) is 5.60. The Morgan fingerprint density at radius 2 is 1.97 bits per heavy atom. The summed E-state index contributed by atoms with van der Waals surface area (Å²) in [6, 6.07) is 11.8. The molecule has 1 aliphatic rings. The lowest BCUT2D eigenvalue weighted by atomic mass is 10.1. The minimum Gasteiger partial charge on any atom is -0.467 e. The van der Waals surface area contributed by atoms with E-state index < -0.39 is 17.8 Å². The smallest absolute Gasteiger partial charge is 0.250 e. The molecule has 1 aromatic carbocycles. The van der Waals surface area contributed by atoms with Crippen LogP contribution in [0.4, 0.5) is 4.39 Å². The Labute approximate surface area is 212 Å². The summed E-state index contributed by atoms with van der Waals surface area (Å²) < 4.78 is 25.8. The predicted molar refractivity (Wildman–Crippen MR) is 129 cm³/mol. The highest BCUT2D eigenvalue weighted by Gasteiger charge is 2.36. The van der Waals surface area contributed by atoms with Crippen molar-refractivity contribution in [3.8, 4) is 11.6 Å².